The first kappa shape index (κ1) is 38.7. The van der Waals surface area contributed by atoms with Gasteiger partial charge in [-0.15, -0.1) is 0 Å². The number of aliphatic imine (C=N–C) groups is 1. The van der Waals surface area contributed by atoms with Gasteiger partial charge in [-0.1, -0.05) is 36.0 Å². The van der Waals surface area contributed by atoms with E-state index in [2.05, 4.69) is 4.99 Å². The third-order valence-electron chi connectivity index (χ3n) is 7.71. The van der Waals surface area contributed by atoms with Gasteiger partial charge in [0.2, 0.25) is 0 Å². The number of allylic oxidation sites excluding steroid dienone is 1. The number of non-ortho nitro benzene ring substituents is 1. The molecule has 2 heterocycles. The van der Waals surface area contributed by atoms with E-state index in [-0.39, 0.29) is 40.7 Å². The number of carbonyl (C=O) groups excluding carboxylic acids is 4. The van der Waals surface area contributed by atoms with Crippen LogP contribution in [0.2, 0.25) is 0 Å². The molecule has 0 radical (unpaired) electrons. The van der Waals surface area contributed by atoms with Crippen LogP contribution in [0.5, 0.6) is 5.75 Å². The van der Waals surface area contributed by atoms with Gasteiger partial charge in [-0.3, -0.25) is 15.0 Å². The summed E-state index contributed by atoms with van der Waals surface area (Å²) in [6, 6.07) is 10.5. The van der Waals surface area contributed by atoms with Gasteiger partial charge in [-0.05, 0) is 64.8 Å². The molecular weight excluding hydrogens is 684 g/mol. The zero-order valence-electron chi connectivity index (χ0n) is 29.7. The number of hydrogen-bond donors (Lipinski definition) is 0. The molecule has 16 heteroatoms. The first-order valence-electron chi connectivity index (χ1n) is 16.1. The number of amides is 2. The predicted molar refractivity (Wildman–Crippen MR) is 187 cm³/mol. The standard InChI is InChI=1S/C35H42N4O11S/c1-20(2)48-31(41)28-21(3)36-32(51-19-22-12-14-25(46-7)15-13-22)38(29(28)23-10-9-11-24(16-23)39(44)45)34(43)49-26-17-27(30(40)47-8)37(18-26)33(42)50-35(4,5)6/h9-16,20,26-27,29H,17-19H2,1-8H3/t26?,27-,29?/m0/s1. The number of nitro groups is 1. The molecule has 51 heavy (non-hydrogen) atoms. The summed E-state index contributed by atoms with van der Waals surface area (Å²) in [7, 11) is 2.74. The molecule has 0 N–H and O–H groups in total. The average molecular weight is 727 g/mol. The van der Waals surface area contributed by atoms with Gasteiger partial charge in [0.05, 0.1) is 43.1 Å². The van der Waals surface area contributed by atoms with Gasteiger partial charge in [-0.25, -0.2) is 29.1 Å². The molecule has 15 nitrogen and oxygen atoms in total. The second-order valence-corrected chi connectivity index (χ2v) is 14.0. The minimum absolute atomic E-state index is 0.0239. The minimum Gasteiger partial charge on any atom is -0.497 e. The highest BCUT2D eigenvalue weighted by atomic mass is 32.2. The van der Waals surface area contributed by atoms with E-state index in [0.29, 0.717) is 11.5 Å². The molecule has 0 bridgehead atoms. The highest BCUT2D eigenvalue weighted by Crippen LogP contribution is 2.41. The van der Waals surface area contributed by atoms with Crippen molar-refractivity contribution >= 4 is 46.7 Å². The SMILES string of the molecule is COC(=O)[C@@H]1CC(OC(=O)N2C(SCc3ccc(OC)cc3)=NC(C)=C(C(=O)OC(C)C)C2c2cccc([N+](=O)[O-])c2)CN1C(=O)OC(C)(C)C. The maximum absolute atomic E-state index is 14.4. The lowest BCUT2D eigenvalue weighted by Crippen LogP contribution is -2.45. The average Bonchev–Trinajstić information content (AvgIpc) is 3.49. The normalized spacial score (nSPS) is 19.0. The van der Waals surface area contributed by atoms with Crippen LogP contribution >= 0.6 is 11.8 Å². The maximum atomic E-state index is 14.4. The second kappa shape index (κ2) is 16.3. The number of amidine groups is 1. The summed E-state index contributed by atoms with van der Waals surface area (Å²) in [5.74, 6) is -0.513. The van der Waals surface area contributed by atoms with Crippen molar-refractivity contribution in [2.24, 2.45) is 4.99 Å². The third-order valence-corrected chi connectivity index (χ3v) is 8.73. The number of thioether (sulfide) groups is 1. The van der Waals surface area contributed by atoms with Crippen LogP contribution in [0.25, 0.3) is 0 Å². The molecule has 274 valence electrons. The zero-order chi connectivity index (χ0) is 37.6. The van der Waals surface area contributed by atoms with Crippen LogP contribution in [0.4, 0.5) is 15.3 Å². The number of nitrogens with zero attached hydrogens (tertiary/aromatic N) is 4. The lowest BCUT2D eigenvalue weighted by atomic mass is 9.94. The highest BCUT2D eigenvalue weighted by Gasteiger charge is 2.47. The summed E-state index contributed by atoms with van der Waals surface area (Å²) >= 11 is 1.17. The van der Waals surface area contributed by atoms with Crippen LogP contribution in [-0.4, -0.2) is 88.6 Å². The molecule has 0 saturated carbocycles. The van der Waals surface area contributed by atoms with Crippen molar-refractivity contribution in [1.29, 1.82) is 0 Å². The van der Waals surface area contributed by atoms with Crippen LogP contribution in [0.15, 0.2) is 64.8 Å². The fraction of sp³-hybridized carbons (Fsp3) is 0.457. The van der Waals surface area contributed by atoms with Crippen molar-refractivity contribution in [2.75, 3.05) is 20.8 Å². The largest absolute Gasteiger partial charge is 0.497 e. The van der Waals surface area contributed by atoms with Crippen molar-refractivity contribution in [3.63, 3.8) is 0 Å². The molecule has 2 aliphatic rings. The Labute approximate surface area is 300 Å². The molecule has 2 aromatic carbocycles. The second-order valence-electron chi connectivity index (χ2n) is 13.0. The first-order chi connectivity index (χ1) is 24.0. The Bertz CT molecular complexity index is 1720. The summed E-state index contributed by atoms with van der Waals surface area (Å²) < 4.78 is 27.2. The zero-order valence-corrected chi connectivity index (χ0v) is 30.6. The van der Waals surface area contributed by atoms with E-state index in [0.717, 1.165) is 15.4 Å². The molecule has 2 aromatic rings. The number of ether oxygens (including phenoxy) is 5. The number of likely N-dealkylation sites (tertiary alicyclic amines) is 1. The highest BCUT2D eigenvalue weighted by molar-refractivity contribution is 8.13. The minimum atomic E-state index is -1.26. The maximum Gasteiger partial charge on any atom is 0.417 e. The van der Waals surface area contributed by atoms with Gasteiger partial charge in [0.1, 0.15) is 29.5 Å². The smallest absolute Gasteiger partial charge is 0.417 e. The first-order valence-corrected chi connectivity index (χ1v) is 17.1. The molecule has 0 aliphatic carbocycles. The Balaban J connectivity index is 1.78. The Hall–Kier alpha value is -5.12. The predicted octanol–water partition coefficient (Wildman–Crippen LogP) is 6.16. The van der Waals surface area contributed by atoms with Crippen LogP contribution in [-0.2, 0) is 34.3 Å². The Morgan fingerprint density at radius 3 is 2.33 bits per heavy atom. The third kappa shape index (κ3) is 9.57. The van der Waals surface area contributed by atoms with Crippen LogP contribution < -0.4 is 4.74 Å². The molecular formula is C35H42N4O11S. The van der Waals surface area contributed by atoms with E-state index < -0.39 is 58.9 Å². The van der Waals surface area contributed by atoms with Crippen LogP contribution in [0.3, 0.4) is 0 Å². The van der Waals surface area contributed by atoms with E-state index in [9.17, 15) is 29.3 Å². The number of rotatable bonds is 9. The van der Waals surface area contributed by atoms with Gasteiger partial charge in [-0.2, -0.15) is 0 Å². The molecule has 1 fully saturated rings. The van der Waals surface area contributed by atoms with Crippen molar-refractivity contribution in [1.82, 2.24) is 9.80 Å². The van der Waals surface area contributed by atoms with Crippen molar-refractivity contribution in [3.05, 3.63) is 81.0 Å². The number of nitro benzene ring substituents is 1. The monoisotopic (exact) mass is 726 g/mol. The summed E-state index contributed by atoms with van der Waals surface area (Å²) in [6.45, 7) is 9.76. The molecule has 3 atom stereocenters. The van der Waals surface area contributed by atoms with Crippen LogP contribution in [0, 0.1) is 10.1 Å². The number of methoxy groups -OCH3 is 2. The van der Waals surface area contributed by atoms with Gasteiger partial charge in [0.25, 0.3) is 5.69 Å². The number of carbonyl (C=O) groups is 4. The van der Waals surface area contributed by atoms with E-state index in [1.807, 2.05) is 12.1 Å². The van der Waals surface area contributed by atoms with E-state index >= 15 is 0 Å². The van der Waals surface area contributed by atoms with Crippen molar-refractivity contribution in [2.45, 2.75) is 83.6 Å². The summed E-state index contributed by atoms with van der Waals surface area (Å²) in [5.41, 5.74) is 0.159. The van der Waals surface area contributed by atoms with Crippen molar-refractivity contribution in [3.8, 4) is 5.75 Å². The lowest BCUT2D eigenvalue weighted by Gasteiger charge is -2.36. The van der Waals surface area contributed by atoms with Gasteiger partial charge in [0, 0.05) is 24.3 Å². The molecule has 2 amide bonds. The topological polar surface area (TPSA) is 176 Å². The molecule has 0 aromatic heterocycles. The Morgan fingerprint density at radius 2 is 1.75 bits per heavy atom. The fourth-order valence-electron chi connectivity index (χ4n) is 5.47. The molecule has 4 rings (SSSR count). The number of esters is 2. The molecule has 1 saturated heterocycles. The molecule has 0 spiro atoms. The van der Waals surface area contributed by atoms with E-state index in [1.54, 1.807) is 66.9 Å². The Morgan fingerprint density at radius 1 is 1.06 bits per heavy atom. The van der Waals surface area contributed by atoms with Gasteiger partial charge >= 0.3 is 24.1 Å². The van der Waals surface area contributed by atoms with E-state index in [4.69, 9.17) is 23.7 Å². The van der Waals surface area contributed by atoms with Crippen LogP contribution in [0.1, 0.15) is 65.1 Å². The van der Waals surface area contributed by atoms with Gasteiger partial charge in [0.15, 0.2) is 5.17 Å². The molecule has 2 unspecified atom stereocenters. The number of hydrogen-bond acceptors (Lipinski definition) is 13. The quantitative estimate of drug-likeness (QED) is 0.125. The van der Waals surface area contributed by atoms with E-state index in [1.165, 1.54) is 37.1 Å². The summed E-state index contributed by atoms with van der Waals surface area (Å²) in [4.78, 5) is 72.2. The number of benzene rings is 2. The summed E-state index contributed by atoms with van der Waals surface area (Å²) in [5, 5.41) is 12.0. The van der Waals surface area contributed by atoms with Crippen molar-refractivity contribution < 1.29 is 47.8 Å². The summed E-state index contributed by atoms with van der Waals surface area (Å²) in [6.07, 6.45) is -3.42. The lowest BCUT2D eigenvalue weighted by molar-refractivity contribution is -0.384. The molecule has 2 aliphatic heterocycles. The van der Waals surface area contributed by atoms with Gasteiger partial charge < -0.3 is 23.7 Å². The fourth-order valence-corrected chi connectivity index (χ4v) is 6.48. The Kier molecular flexibility index (Phi) is 12.3.